The molecule has 4 nitrogen and oxygen atoms in total. The molecule has 0 amide bonds. The molecular weight excluding hydrogens is 218 g/mol. The number of methoxy groups -OCH3 is 1. The topological polar surface area (TPSA) is 51.5 Å². The molecule has 1 atom stereocenters. The first kappa shape index (κ1) is 11.7. The molecule has 0 bridgehead atoms. The van der Waals surface area contributed by atoms with Crippen LogP contribution >= 0.6 is 0 Å². The lowest BCUT2D eigenvalue weighted by atomic mass is 10.0. The molecule has 0 saturated heterocycles. The number of ether oxygens (including phenoxy) is 1. The first-order chi connectivity index (χ1) is 8.11. The van der Waals surface area contributed by atoms with Crippen LogP contribution in [0.15, 0.2) is 30.5 Å². The normalized spacial score (nSPS) is 12.6. The van der Waals surface area contributed by atoms with Gasteiger partial charge < -0.3 is 14.4 Å². The van der Waals surface area contributed by atoms with Crippen molar-refractivity contribution in [1.82, 2.24) is 4.57 Å². The van der Waals surface area contributed by atoms with Gasteiger partial charge in [-0.2, -0.15) is 0 Å². The molecule has 1 aromatic heterocycles. The highest BCUT2D eigenvalue weighted by Gasteiger charge is 2.13. The number of aliphatic hydroxyl groups is 1. The van der Waals surface area contributed by atoms with Crippen LogP contribution in [-0.2, 0) is 16.6 Å². The van der Waals surface area contributed by atoms with Crippen LogP contribution in [0.3, 0.4) is 0 Å². The number of fused-ring (bicyclic) bond motifs is 1. The fourth-order valence-electron chi connectivity index (χ4n) is 1.87. The molecule has 2 rings (SSSR count). The van der Waals surface area contributed by atoms with Gasteiger partial charge in [-0.1, -0.05) is 6.07 Å². The zero-order valence-electron chi connectivity index (χ0n) is 9.88. The fourth-order valence-corrected chi connectivity index (χ4v) is 1.87. The standard InChI is InChI=1S/C13H15NO3/c1-14-6-5-9-7-10(3-4-11(9)14)12(15)8-13(16)17-2/h3-7,12,15H,8H2,1-2H3. The maximum absolute atomic E-state index is 11.1. The molecule has 17 heavy (non-hydrogen) atoms. The van der Waals surface area contributed by atoms with E-state index in [2.05, 4.69) is 4.74 Å². The summed E-state index contributed by atoms with van der Waals surface area (Å²) in [5.74, 6) is -0.411. The molecule has 1 N–H and O–H groups in total. The summed E-state index contributed by atoms with van der Waals surface area (Å²) in [6.07, 6.45) is 1.13. The quantitative estimate of drug-likeness (QED) is 0.822. The summed E-state index contributed by atoms with van der Waals surface area (Å²) in [7, 11) is 3.28. The predicted octanol–water partition coefficient (Wildman–Crippen LogP) is 1.77. The number of aryl methyl sites for hydroxylation is 1. The van der Waals surface area contributed by atoms with E-state index in [0.717, 1.165) is 16.5 Å². The van der Waals surface area contributed by atoms with E-state index >= 15 is 0 Å². The van der Waals surface area contributed by atoms with E-state index in [-0.39, 0.29) is 6.42 Å². The Hall–Kier alpha value is -1.81. The van der Waals surface area contributed by atoms with Gasteiger partial charge >= 0.3 is 5.97 Å². The average molecular weight is 233 g/mol. The molecule has 2 aromatic rings. The van der Waals surface area contributed by atoms with E-state index in [1.165, 1.54) is 7.11 Å². The summed E-state index contributed by atoms with van der Waals surface area (Å²) in [4.78, 5) is 11.1. The minimum absolute atomic E-state index is 0.0190. The van der Waals surface area contributed by atoms with Crippen molar-refractivity contribution < 1.29 is 14.6 Å². The number of benzene rings is 1. The molecule has 1 unspecified atom stereocenters. The summed E-state index contributed by atoms with van der Waals surface area (Å²) in [6.45, 7) is 0. The number of aliphatic hydroxyl groups excluding tert-OH is 1. The maximum atomic E-state index is 11.1. The van der Waals surface area contributed by atoms with Crippen LogP contribution in [0.4, 0.5) is 0 Å². The van der Waals surface area contributed by atoms with Gasteiger partial charge in [0.25, 0.3) is 0 Å². The van der Waals surface area contributed by atoms with Crippen molar-refractivity contribution in [1.29, 1.82) is 0 Å². The number of nitrogens with zero attached hydrogens (tertiary/aromatic N) is 1. The van der Waals surface area contributed by atoms with E-state index in [4.69, 9.17) is 0 Å². The van der Waals surface area contributed by atoms with Crippen LogP contribution < -0.4 is 0 Å². The van der Waals surface area contributed by atoms with Crippen LogP contribution in [0.5, 0.6) is 0 Å². The summed E-state index contributed by atoms with van der Waals surface area (Å²) < 4.78 is 6.54. The lowest BCUT2D eigenvalue weighted by Gasteiger charge is -2.09. The molecule has 1 aromatic carbocycles. The van der Waals surface area contributed by atoms with Crippen LogP contribution in [-0.4, -0.2) is 22.8 Å². The van der Waals surface area contributed by atoms with Gasteiger partial charge in [0, 0.05) is 18.8 Å². The molecule has 0 aliphatic rings. The lowest BCUT2D eigenvalue weighted by molar-refractivity contribution is -0.142. The van der Waals surface area contributed by atoms with Gasteiger partial charge in [-0.05, 0) is 29.1 Å². The summed E-state index contributed by atoms with van der Waals surface area (Å²) >= 11 is 0. The van der Waals surface area contributed by atoms with Crippen molar-refractivity contribution in [3.63, 3.8) is 0 Å². The minimum atomic E-state index is -0.813. The van der Waals surface area contributed by atoms with E-state index in [1.807, 2.05) is 42.1 Å². The number of aromatic nitrogens is 1. The van der Waals surface area contributed by atoms with Crippen molar-refractivity contribution >= 4 is 16.9 Å². The summed E-state index contributed by atoms with van der Waals surface area (Å²) in [6, 6.07) is 7.63. The third-order valence-electron chi connectivity index (χ3n) is 2.88. The molecular formula is C13H15NO3. The van der Waals surface area contributed by atoms with Gasteiger partial charge in [0.2, 0.25) is 0 Å². The molecule has 90 valence electrons. The maximum Gasteiger partial charge on any atom is 0.308 e. The molecule has 0 spiro atoms. The predicted molar refractivity (Wildman–Crippen MR) is 64.5 cm³/mol. The van der Waals surface area contributed by atoms with Gasteiger partial charge in [-0.25, -0.2) is 0 Å². The highest BCUT2D eigenvalue weighted by Crippen LogP contribution is 2.23. The average Bonchev–Trinajstić information content (AvgIpc) is 2.70. The van der Waals surface area contributed by atoms with Crippen LogP contribution in [0.2, 0.25) is 0 Å². The number of hydrogen-bond acceptors (Lipinski definition) is 3. The number of carbonyl (C=O) groups is 1. The second kappa shape index (κ2) is 4.59. The van der Waals surface area contributed by atoms with Gasteiger partial charge in [0.1, 0.15) is 0 Å². The Kier molecular flexibility index (Phi) is 3.15. The van der Waals surface area contributed by atoms with E-state index < -0.39 is 12.1 Å². The number of esters is 1. The van der Waals surface area contributed by atoms with Crippen molar-refractivity contribution in [2.75, 3.05) is 7.11 Å². The minimum Gasteiger partial charge on any atom is -0.469 e. The van der Waals surface area contributed by atoms with E-state index in [9.17, 15) is 9.90 Å². The molecule has 0 radical (unpaired) electrons. The van der Waals surface area contributed by atoms with Crippen LogP contribution in [0, 0.1) is 0 Å². The third kappa shape index (κ3) is 2.31. The first-order valence-corrected chi connectivity index (χ1v) is 5.41. The van der Waals surface area contributed by atoms with Gasteiger partial charge in [0.05, 0.1) is 19.6 Å². The number of rotatable bonds is 3. The van der Waals surface area contributed by atoms with Crippen LogP contribution in [0.1, 0.15) is 18.1 Å². The van der Waals surface area contributed by atoms with Gasteiger partial charge in [-0.15, -0.1) is 0 Å². The second-order valence-corrected chi connectivity index (χ2v) is 4.04. The van der Waals surface area contributed by atoms with Gasteiger partial charge in [0.15, 0.2) is 0 Å². The smallest absolute Gasteiger partial charge is 0.308 e. The molecule has 4 heteroatoms. The van der Waals surface area contributed by atoms with Crippen molar-refractivity contribution in [2.45, 2.75) is 12.5 Å². The summed E-state index contributed by atoms with van der Waals surface area (Å²) in [5.41, 5.74) is 1.83. The van der Waals surface area contributed by atoms with E-state index in [0.29, 0.717) is 0 Å². The zero-order valence-corrected chi connectivity index (χ0v) is 9.88. The Labute approximate surface area is 99.4 Å². The molecule has 0 saturated carbocycles. The van der Waals surface area contributed by atoms with Crippen molar-refractivity contribution in [3.05, 3.63) is 36.0 Å². The second-order valence-electron chi connectivity index (χ2n) is 4.04. The molecule has 0 aliphatic carbocycles. The Morgan fingerprint density at radius 1 is 1.47 bits per heavy atom. The Morgan fingerprint density at radius 3 is 2.94 bits per heavy atom. The SMILES string of the molecule is COC(=O)CC(O)c1ccc2c(ccn2C)c1. The van der Waals surface area contributed by atoms with E-state index in [1.54, 1.807) is 0 Å². The Balaban J connectivity index is 2.26. The number of hydrogen-bond donors (Lipinski definition) is 1. The molecule has 1 heterocycles. The molecule has 0 fully saturated rings. The lowest BCUT2D eigenvalue weighted by Crippen LogP contribution is -2.07. The zero-order chi connectivity index (χ0) is 12.4. The first-order valence-electron chi connectivity index (χ1n) is 5.41. The largest absolute Gasteiger partial charge is 0.469 e. The fraction of sp³-hybridized carbons (Fsp3) is 0.308. The summed E-state index contributed by atoms with van der Waals surface area (Å²) in [5, 5.41) is 10.9. The highest BCUT2D eigenvalue weighted by molar-refractivity contribution is 5.81. The Bertz CT molecular complexity index is 545. The highest BCUT2D eigenvalue weighted by atomic mass is 16.5. The van der Waals surface area contributed by atoms with Gasteiger partial charge in [-0.3, -0.25) is 4.79 Å². The van der Waals surface area contributed by atoms with Crippen LogP contribution in [0.25, 0.3) is 10.9 Å². The van der Waals surface area contributed by atoms with Crippen molar-refractivity contribution in [2.24, 2.45) is 7.05 Å². The monoisotopic (exact) mass is 233 g/mol. The Morgan fingerprint density at radius 2 is 2.24 bits per heavy atom. The third-order valence-corrected chi connectivity index (χ3v) is 2.88. The van der Waals surface area contributed by atoms with Crippen molar-refractivity contribution in [3.8, 4) is 0 Å². The molecule has 0 aliphatic heterocycles. The number of carbonyl (C=O) groups excluding carboxylic acids is 1.